The largest absolute Gasteiger partial charge is 0.304 e. The molecule has 1 aromatic rings. The highest BCUT2D eigenvalue weighted by atomic mass is 32.1. The maximum Gasteiger partial charge on any atom is 0.0416 e. The Morgan fingerprint density at radius 2 is 1.88 bits per heavy atom. The lowest BCUT2D eigenvalue weighted by atomic mass is 9.81. The minimum Gasteiger partial charge on any atom is -0.304 e. The first-order chi connectivity index (χ1) is 7.73. The molecule has 0 spiro atoms. The van der Waals surface area contributed by atoms with Crippen LogP contribution >= 0.6 is 11.3 Å². The molecular weight excluding hydrogens is 226 g/mol. The van der Waals surface area contributed by atoms with Crippen LogP contribution in [-0.4, -0.2) is 5.54 Å². The van der Waals surface area contributed by atoms with Gasteiger partial charge in [-0.1, -0.05) is 33.8 Å². The number of hydrogen-bond acceptors (Lipinski definition) is 2. The van der Waals surface area contributed by atoms with Gasteiger partial charge in [0.05, 0.1) is 0 Å². The Hall–Kier alpha value is -0.340. The smallest absolute Gasteiger partial charge is 0.0416 e. The molecule has 0 aliphatic carbocycles. The number of hydrogen-bond donors (Lipinski definition) is 1. The predicted molar refractivity (Wildman–Crippen MR) is 78.6 cm³/mol. The Kier molecular flexibility index (Phi) is 4.79. The zero-order valence-electron chi connectivity index (χ0n) is 12.1. The van der Waals surface area contributed by atoms with Crippen LogP contribution in [0.2, 0.25) is 0 Å². The highest BCUT2D eigenvalue weighted by Crippen LogP contribution is 2.31. The van der Waals surface area contributed by atoms with Gasteiger partial charge in [-0.25, -0.2) is 0 Å². The van der Waals surface area contributed by atoms with Gasteiger partial charge in [-0.2, -0.15) is 0 Å². The van der Waals surface area contributed by atoms with Crippen molar-refractivity contribution in [2.75, 3.05) is 0 Å². The SMILES string of the molecule is CCC(NC(C)(C)CC(C)(C)C)c1cccs1. The Morgan fingerprint density at radius 3 is 2.29 bits per heavy atom. The highest BCUT2D eigenvalue weighted by molar-refractivity contribution is 7.10. The Morgan fingerprint density at radius 1 is 1.24 bits per heavy atom. The molecule has 0 radical (unpaired) electrons. The number of nitrogens with one attached hydrogen (secondary N) is 1. The zero-order valence-corrected chi connectivity index (χ0v) is 12.9. The third kappa shape index (κ3) is 5.22. The van der Waals surface area contributed by atoms with E-state index in [-0.39, 0.29) is 5.54 Å². The molecule has 0 aliphatic heterocycles. The van der Waals surface area contributed by atoms with Gasteiger partial charge in [0, 0.05) is 16.5 Å². The number of thiophene rings is 1. The molecule has 1 atom stereocenters. The third-order valence-electron chi connectivity index (χ3n) is 2.83. The van der Waals surface area contributed by atoms with Crippen molar-refractivity contribution in [1.82, 2.24) is 5.32 Å². The van der Waals surface area contributed by atoms with Gasteiger partial charge in [-0.05, 0) is 43.6 Å². The van der Waals surface area contributed by atoms with Gasteiger partial charge in [-0.3, -0.25) is 0 Å². The fourth-order valence-corrected chi connectivity index (χ4v) is 3.57. The molecule has 17 heavy (non-hydrogen) atoms. The molecule has 1 rings (SSSR count). The van der Waals surface area contributed by atoms with Crippen molar-refractivity contribution in [1.29, 1.82) is 0 Å². The van der Waals surface area contributed by atoms with Crippen molar-refractivity contribution < 1.29 is 0 Å². The lowest BCUT2D eigenvalue weighted by Gasteiger charge is -2.36. The van der Waals surface area contributed by atoms with Gasteiger partial charge in [0.15, 0.2) is 0 Å². The van der Waals surface area contributed by atoms with Gasteiger partial charge in [0.1, 0.15) is 0 Å². The van der Waals surface area contributed by atoms with Crippen molar-refractivity contribution in [3.63, 3.8) is 0 Å². The van der Waals surface area contributed by atoms with Crippen LogP contribution in [0.1, 0.15) is 65.3 Å². The van der Waals surface area contributed by atoms with Gasteiger partial charge in [0.2, 0.25) is 0 Å². The summed E-state index contributed by atoms with van der Waals surface area (Å²) in [4.78, 5) is 1.45. The van der Waals surface area contributed by atoms with E-state index in [1.807, 2.05) is 11.3 Å². The molecule has 1 unspecified atom stereocenters. The van der Waals surface area contributed by atoms with Crippen molar-refractivity contribution >= 4 is 11.3 Å². The minimum atomic E-state index is 0.183. The summed E-state index contributed by atoms with van der Waals surface area (Å²) >= 11 is 1.85. The van der Waals surface area contributed by atoms with Crippen LogP contribution in [0.25, 0.3) is 0 Å². The van der Waals surface area contributed by atoms with E-state index in [1.165, 1.54) is 11.3 Å². The van der Waals surface area contributed by atoms with E-state index in [4.69, 9.17) is 0 Å². The van der Waals surface area contributed by atoms with E-state index in [1.54, 1.807) is 0 Å². The molecule has 1 N–H and O–H groups in total. The van der Waals surface area contributed by atoms with E-state index in [0.717, 1.165) is 6.42 Å². The lowest BCUT2D eigenvalue weighted by molar-refractivity contribution is 0.221. The van der Waals surface area contributed by atoms with Crippen molar-refractivity contribution in [2.45, 2.75) is 66.0 Å². The standard InChI is InChI=1S/C15H27NS/c1-7-12(13-9-8-10-17-13)16-15(5,6)11-14(2,3)4/h8-10,12,16H,7,11H2,1-6H3. The molecule has 0 aromatic carbocycles. The average Bonchev–Trinajstić information content (AvgIpc) is 2.62. The predicted octanol–water partition coefficient (Wildman–Crippen LogP) is 5.00. The van der Waals surface area contributed by atoms with E-state index in [9.17, 15) is 0 Å². The lowest BCUT2D eigenvalue weighted by Crippen LogP contribution is -2.44. The van der Waals surface area contributed by atoms with Crippen LogP contribution < -0.4 is 5.32 Å². The fourth-order valence-electron chi connectivity index (χ4n) is 2.71. The maximum absolute atomic E-state index is 3.81. The molecule has 0 amide bonds. The van der Waals surface area contributed by atoms with E-state index in [0.29, 0.717) is 11.5 Å². The quantitative estimate of drug-likeness (QED) is 0.778. The second kappa shape index (κ2) is 5.53. The molecule has 1 nitrogen and oxygen atoms in total. The van der Waals surface area contributed by atoms with E-state index in [2.05, 4.69) is 64.4 Å². The first-order valence-corrected chi connectivity index (χ1v) is 7.42. The van der Waals surface area contributed by atoms with Crippen LogP contribution in [0, 0.1) is 5.41 Å². The number of rotatable bonds is 5. The molecule has 0 bridgehead atoms. The molecule has 1 aromatic heterocycles. The summed E-state index contributed by atoms with van der Waals surface area (Å²) in [5.41, 5.74) is 0.549. The summed E-state index contributed by atoms with van der Waals surface area (Å²) in [6.45, 7) is 13.8. The fraction of sp³-hybridized carbons (Fsp3) is 0.733. The maximum atomic E-state index is 3.81. The summed E-state index contributed by atoms with van der Waals surface area (Å²) < 4.78 is 0. The van der Waals surface area contributed by atoms with Crippen molar-refractivity contribution in [2.24, 2.45) is 5.41 Å². The molecule has 1 heterocycles. The average molecular weight is 253 g/mol. The van der Waals surface area contributed by atoms with Gasteiger partial charge >= 0.3 is 0 Å². The molecule has 98 valence electrons. The Bertz CT molecular complexity index is 319. The van der Waals surface area contributed by atoms with E-state index < -0.39 is 0 Å². The van der Waals surface area contributed by atoms with Crippen LogP contribution in [0.3, 0.4) is 0 Å². The normalized spacial score (nSPS) is 14.9. The van der Waals surface area contributed by atoms with Crippen LogP contribution in [0.4, 0.5) is 0 Å². The first-order valence-electron chi connectivity index (χ1n) is 6.54. The van der Waals surface area contributed by atoms with Gasteiger partial charge < -0.3 is 5.32 Å². The molecule has 0 fully saturated rings. The molecular formula is C15H27NS. The zero-order chi connectivity index (χ0) is 13.1. The monoisotopic (exact) mass is 253 g/mol. The van der Waals surface area contributed by atoms with Crippen molar-refractivity contribution in [3.8, 4) is 0 Å². The highest BCUT2D eigenvalue weighted by Gasteiger charge is 2.27. The Balaban J connectivity index is 2.68. The third-order valence-corrected chi connectivity index (χ3v) is 3.82. The molecule has 0 saturated carbocycles. The van der Waals surface area contributed by atoms with E-state index >= 15 is 0 Å². The molecule has 0 aliphatic rings. The second-order valence-electron chi connectivity index (χ2n) is 6.74. The van der Waals surface area contributed by atoms with Crippen LogP contribution in [-0.2, 0) is 0 Å². The first kappa shape index (κ1) is 14.7. The summed E-state index contributed by atoms with van der Waals surface area (Å²) in [5.74, 6) is 0. The molecule has 2 heteroatoms. The second-order valence-corrected chi connectivity index (χ2v) is 7.72. The minimum absolute atomic E-state index is 0.183. The summed E-state index contributed by atoms with van der Waals surface area (Å²) in [6.07, 6.45) is 2.33. The van der Waals surface area contributed by atoms with Gasteiger partial charge in [-0.15, -0.1) is 11.3 Å². The van der Waals surface area contributed by atoms with Crippen LogP contribution in [0.5, 0.6) is 0 Å². The summed E-state index contributed by atoms with van der Waals surface area (Å²) in [6, 6.07) is 4.87. The molecule has 0 saturated heterocycles. The topological polar surface area (TPSA) is 12.0 Å². The van der Waals surface area contributed by atoms with Crippen LogP contribution in [0.15, 0.2) is 17.5 Å². The summed E-state index contributed by atoms with van der Waals surface area (Å²) in [7, 11) is 0. The van der Waals surface area contributed by atoms with Gasteiger partial charge in [0.25, 0.3) is 0 Å². The Labute approximate surface area is 111 Å². The summed E-state index contributed by atoms with van der Waals surface area (Å²) in [5, 5.41) is 5.98. The van der Waals surface area contributed by atoms with Crippen molar-refractivity contribution in [3.05, 3.63) is 22.4 Å².